The van der Waals surface area contributed by atoms with E-state index in [1.807, 2.05) is 19.1 Å². The van der Waals surface area contributed by atoms with E-state index in [-0.39, 0.29) is 12.2 Å². The second-order valence-electron chi connectivity index (χ2n) is 3.25. The third-order valence-corrected chi connectivity index (χ3v) is 2.39. The molecule has 0 saturated carbocycles. The number of nitrogens with zero attached hydrogens (tertiary/aromatic N) is 1. The minimum atomic E-state index is -0.176. The largest absolute Gasteiger partial charge is 0.206 e. The molecule has 1 rings (SSSR count). The lowest BCUT2D eigenvalue weighted by Gasteiger charge is -2.08. The SMILES string of the molecule is Cc1cc(CC#N)c(C)c(F)c1C. The summed E-state index contributed by atoms with van der Waals surface area (Å²) in [6, 6.07) is 3.92. The van der Waals surface area contributed by atoms with Crippen LogP contribution in [0.1, 0.15) is 22.3 Å². The number of rotatable bonds is 1. The molecule has 2 heteroatoms. The van der Waals surface area contributed by atoms with Crippen molar-refractivity contribution >= 4 is 0 Å². The van der Waals surface area contributed by atoms with E-state index in [0.29, 0.717) is 11.1 Å². The van der Waals surface area contributed by atoms with Crippen LogP contribution in [0.5, 0.6) is 0 Å². The van der Waals surface area contributed by atoms with Crippen LogP contribution in [0.15, 0.2) is 6.07 Å². The van der Waals surface area contributed by atoms with Crippen LogP contribution < -0.4 is 0 Å². The Balaban J connectivity index is 3.34. The fourth-order valence-corrected chi connectivity index (χ4v) is 1.34. The summed E-state index contributed by atoms with van der Waals surface area (Å²) in [5.41, 5.74) is 2.99. The van der Waals surface area contributed by atoms with E-state index < -0.39 is 0 Å². The Labute approximate surface area is 77.8 Å². The molecule has 0 saturated heterocycles. The minimum absolute atomic E-state index is 0.176. The molecule has 0 atom stereocenters. The average molecular weight is 177 g/mol. The maximum Gasteiger partial charge on any atom is 0.129 e. The van der Waals surface area contributed by atoms with E-state index in [1.165, 1.54) is 0 Å². The summed E-state index contributed by atoms with van der Waals surface area (Å²) in [7, 11) is 0. The number of hydrogen-bond acceptors (Lipinski definition) is 1. The molecule has 0 aliphatic rings. The molecule has 1 aromatic carbocycles. The molecule has 0 heterocycles. The van der Waals surface area contributed by atoms with Crippen molar-refractivity contribution in [2.75, 3.05) is 0 Å². The second kappa shape index (κ2) is 3.57. The average Bonchev–Trinajstić information content (AvgIpc) is 2.11. The first-order valence-electron chi connectivity index (χ1n) is 4.20. The zero-order chi connectivity index (χ0) is 10.0. The Morgan fingerprint density at radius 3 is 2.46 bits per heavy atom. The van der Waals surface area contributed by atoms with E-state index in [9.17, 15) is 4.39 Å². The van der Waals surface area contributed by atoms with Crippen molar-refractivity contribution in [2.45, 2.75) is 27.2 Å². The van der Waals surface area contributed by atoms with Crippen LogP contribution in [0, 0.1) is 37.9 Å². The monoisotopic (exact) mass is 177 g/mol. The van der Waals surface area contributed by atoms with Crippen LogP contribution in [0.2, 0.25) is 0 Å². The van der Waals surface area contributed by atoms with Crippen LogP contribution >= 0.6 is 0 Å². The minimum Gasteiger partial charge on any atom is -0.206 e. The predicted octanol–water partition coefficient (Wildman–Crippen LogP) is 2.82. The standard InChI is InChI=1S/C11H12FN/c1-7-6-10(4-5-13)9(3)11(12)8(7)2/h6H,4H2,1-3H3. The van der Waals surface area contributed by atoms with Gasteiger partial charge in [0, 0.05) is 0 Å². The summed E-state index contributed by atoms with van der Waals surface area (Å²) in [5.74, 6) is -0.176. The molecular weight excluding hydrogens is 165 g/mol. The number of aryl methyl sites for hydroxylation is 1. The van der Waals surface area contributed by atoms with Crippen molar-refractivity contribution in [3.8, 4) is 6.07 Å². The van der Waals surface area contributed by atoms with E-state index in [0.717, 1.165) is 11.1 Å². The lowest BCUT2D eigenvalue weighted by molar-refractivity contribution is 0.605. The number of hydrogen-bond donors (Lipinski definition) is 0. The quantitative estimate of drug-likeness (QED) is 0.647. The van der Waals surface area contributed by atoms with Crippen molar-refractivity contribution in [3.63, 3.8) is 0 Å². The molecule has 0 bridgehead atoms. The molecule has 0 aromatic heterocycles. The molecule has 0 N–H and O–H groups in total. The van der Waals surface area contributed by atoms with Crippen LogP contribution in [0.4, 0.5) is 4.39 Å². The third-order valence-electron chi connectivity index (χ3n) is 2.39. The number of halogens is 1. The topological polar surface area (TPSA) is 23.8 Å². The van der Waals surface area contributed by atoms with Gasteiger partial charge in [-0.25, -0.2) is 4.39 Å². The summed E-state index contributed by atoms with van der Waals surface area (Å²) in [5, 5.41) is 8.52. The highest BCUT2D eigenvalue weighted by molar-refractivity contribution is 5.39. The Hall–Kier alpha value is -1.36. The van der Waals surface area contributed by atoms with Gasteiger partial charge in [0.25, 0.3) is 0 Å². The molecule has 0 spiro atoms. The van der Waals surface area contributed by atoms with E-state index in [2.05, 4.69) is 0 Å². The highest BCUT2D eigenvalue weighted by Crippen LogP contribution is 2.20. The first-order chi connectivity index (χ1) is 6.07. The maximum absolute atomic E-state index is 13.5. The summed E-state index contributed by atoms with van der Waals surface area (Å²) < 4.78 is 13.5. The molecule has 68 valence electrons. The van der Waals surface area contributed by atoms with Gasteiger partial charge in [0.2, 0.25) is 0 Å². The maximum atomic E-state index is 13.5. The van der Waals surface area contributed by atoms with Crippen molar-refractivity contribution < 1.29 is 4.39 Å². The molecule has 1 aromatic rings. The van der Waals surface area contributed by atoms with Gasteiger partial charge in [-0.3, -0.25) is 0 Å². The molecular formula is C11H12FN. The van der Waals surface area contributed by atoms with E-state index >= 15 is 0 Å². The van der Waals surface area contributed by atoms with Gasteiger partial charge >= 0.3 is 0 Å². The van der Waals surface area contributed by atoms with Gasteiger partial charge in [-0.2, -0.15) is 5.26 Å². The summed E-state index contributed by atoms with van der Waals surface area (Å²) in [4.78, 5) is 0. The fraction of sp³-hybridized carbons (Fsp3) is 0.364. The zero-order valence-electron chi connectivity index (χ0n) is 8.11. The summed E-state index contributed by atoms with van der Waals surface area (Å²) >= 11 is 0. The van der Waals surface area contributed by atoms with Gasteiger partial charge in [0.1, 0.15) is 5.82 Å². The van der Waals surface area contributed by atoms with Crippen LogP contribution in [-0.2, 0) is 6.42 Å². The Kier molecular flexibility index (Phi) is 2.67. The van der Waals surface area contributed by atoms with Crippen molar-refractivity contribution in [3.05, 3.63) is 34.1 Å². The van der Waals surface area contributed by atoms with Gasteiger partial charge in [0.15, 0.2) is 0 Å². The number of nitriles is 1. The highest BCUT2D eigenvalue weighted by Gasteiger charge is 2.09. The summed E-state index contributed by atoms with van der Waals surface area (Å²) in [6.07, 6.45) is 0.282. The van der Waals surface area contributed by atoms with Gasteiger partial charge in [-0.15, -0.1) is 0 Å². The molecule has 13 heavy (non-hydrogen) atoms. The second-order valence-corrected chi connectivity index (χ2v) is 3.25. The Morgan fingerprint density at radius 2 is 1.92 bits per heavy atom. The lowest BCUT2D eigenvalue weighted by Crippen LogP contribution is -1.97. The zero-order valence-corrected chi connectivity index (χ0v) is 8.11. The van der Waals surface area contributed by atoms with Crippen LogP contribution in [0.3, 0.4) is 0 Å². The van der Waals surface area contributed by atoms with Gasteiger partial charge in [0.05, 0.1) is 12.5 Å². The van der Waals surface area contributed by atoms with E-state index in [1.54, 1.807) is 13.8 Å². The molecule has 1 nitrogen and oxygen atoms in total. The molecule has 0 aliphatic heterocycles. The lowest BCUT2D eigenvalue weighted by atomic mass is 9.98. The smallest absolute Gasteiger partial charge is 0.129 e. The first-order valence-corrected chi connectivity index (χ1v) is 4.20. The van der Waals surface area contributed by atoms with Gasteiger partial charge in [-0.1, -0.05) is 6.07 Å². The molecule has 0 radical (unpaired) electrons. The summed E-state index contributed by atoms with van der Waals surface area (Å²) in [6.45, 7) is 5.33. The number of benzene rings is 1. The molecule has 0 aliphatic carbocycles. The predicted molar refractivity (Wildman–Crippen MR) is 49.9 cm³/mol. The fourth-order valence-electron chi connectivity index (χ4n) is 1.34. The van der Waals surface area contributed by atoms with Crippen molar-refractivity contribution in [1.29, 1.82) is 5.26 Å². The highest BCUT2D eigenvalue weighted by atomic mass is 19.1. The van der Waals surface area contributed by atoms with E-state index in [4.69, 9.17) is 5.26 Å². The Bertz CT molecular complexity index is 375. The van der Waals surface area contributed by atoms with Gasteiger partial charge < -0.3 is 0 Å². The third kappa shape index (κ3) is 1.70. The van der Waals surface area contributed by atoms with Crippen LogP contribution in [-0.4, -0.2) is 0 Å². The molecule has 0 fully saturated rings. The normalized spacial score (nSPS) is 9.77. The van der Waals surface area contributed by atoms with Crippen molar-refractivity contribution in [1.82, 2.24) is 0 Å². The van der Waals surface area contributed by atoms with Crippen LogP contribution in [0.25, 0.3) is 0 Å². The van der Waals surface area contributed by atoms with Crippen molar-refractivity contribution in [2.24, 2.45) is 0 Å². The van der Waals surface area contributed by atoms with Gasteiger partial charge in [-0.05, 0) is 43.0 Å². The molecule has 0 amide bonds. The first kappa shape index (κ1) is 9.73. The Morgan fingerprint density at radius 1 is 1.31 bits per heavy atom. The molecule has 0 unspecified atom stereocenters.